The van der Waals surface area contributed by atoms with Gasteiger partial charge in [0.1, 0.15) is 13.2 Å². The fourth-order valence-corrected chi connectivity index (χ4v) is 10.2. The number of carbonyl (C=O) groups excluding carboxylic acids is 1. The van der Waals surface area contributed by atoms with Gasteiger partial charge in [0.05, 0.1) is 39.9 Å². The van der Waals surface area contributed by atoms with Crippen LogP contribution < -0.4 is 5.32 Å². The Labute approximate surface area is 507 Å². The van der Waals surface area contributed by atoms with Gasteiger partial charge in [0, 0.05) is 6.42 Å². The van der Waals surface area contributed by atoms with Crippen molar-refractivity contribution in [3.05, 3.63) is 122 Å². The Bertz CT molecular complexity index is 1750. The van der Waals surface area contributed by atoms with Crippen molar-refractivity contribution in [2.45, 2.75) is 296 Å². The molecule has 8 nitrogen and oxygen atoms in total. The number of phosphoric acid groups is 1. The molecule has 0 aromatic rings. The molecule has 0 aromatic carbocycles. The second-order valence-corrected chi connectivity index (χ2v) is 25.3. The largest absolute Gasteiger partial charge is 0.472 e. The van der Waals surface area contributed by atoms with Gasteiger partial charge in [-0.15, -0.1) is 0 Å². The molecule has 0 radical (unpaired) electrons. The molecule has 0 fully saturated rings. The number of carbonyl (C=O) groups is 1. The highest BCUT2D eigenvalue weighted by Gasteiger charge is 2.28. The van der Waals surface area contributed by atoms with Gasteiger partial charge in [-0.2, -0.15) is 0 Å². The minimum atomic E-state index is -4.37. The Balaban J connectivity index is 4.15. The summed E-state index contributed by atoms with van der Waals surface area (Å²) >= 11 is 0. The maximum absolute atomic E-state index is 13.0. The number of amides is 1. The Morgan fingerprint density at radius 3 is 1.12 bits per heavy atom. The predicted molar refractivity (Wildman–Crippen MR) is 359 cm³/mol. The lowest BCUT2D eigenvalue weighted by atomic mass is 10.0. The molecule has 0 rings (SSSR count). The molecule has 0 bridgehead atoms. The normalized spacial score (nSPS) is 14.5. The van der Waals surface area contributed by atoms with Crippen LogP contribution in [0, 0.1) is 0 Å². The lowest BCUT2D eigenvalue weighted by Gasteiger charge is -2.25. The van der Waals surface area contributed by atoms with Crippen LogP contribution in [0.5, 0.6) is 0 Å². The fraction of sp³-hybridized carbons (Fsp3) is 0.712. The second-order valence-electron chi connectivity index (χ2n) is 23.8. The molecule has 0 aliphatic heterocycles. The van der Waals surface area contributed by atoms with Gasteiger partial charge in [-0.1, -0.05) is 302 Å². The number of allylic oxidation sites excluding steroid dienone is 19. The van der Waals surface area contributed by atoms with Crippen LogP contribution in [0.1, 0.15) is 284 Å². The molecule has 3 unspecified atom stereocenters. The van der Waals surface area contributed by atoms with E-state index in [0.717, 1.165) is 89.9 Å². The zero-order chi connectivity index (χ0) is 59.8. The smallest absolute Gasteiger partial charge is 0.387 e. The van der Waals surface area contributed by atoms with Crippen LogP contribution in [0.3, 0.4) is 0 Å². The molecule has 1 amide bonds. The summed E-state index contributed by atoms with van der Waals surface area (Å²) in [4.78, 5) is 23.4. The molecule has 0 saturated carbocycles. The zero-order valence-corrected chi connectivity index (χ0v) is 54.8. The van der Waals surface area contributed by atoms with Crippen LogP contribution in [0.25, 0.3) is 0 Å². The van der Waals surface area contributed by atoms with E-state index in [9.17, 15) is 19.4 Å². The van der Waals surface area contributed by atoms with Gasteiger partial charge < -0.3 is 19.8 Å². The lowest BCUT2D eigenvalue weighted by Crippen LogP contribution is -2.45. The molecule has 3 N–H and O–H groups in total. The molecule has 0 aliphatic rings. The molecule has 0 aliphatic carbocycles. The van der Waals surface area contributed by atoms with Crippen molar-refractivity contribution in [2.24, 2.45) is 0 Å². The molecule has 82 heavy (non-hydrogen) atoms. The van der Waals surface area contributed by atoms with Crippen molar-refractivity contribution in [1.29, 1.82) is 0 Å². The van der Waals surface area contributed by atoms with E-state index in [-0.39, 0.29) is 19.1 Å². The number of unbranched alkanes of at least 4 members (excludes halogenated alkanes) is 30. The number of aliphatic hydroxyl groups excluding tert-OH is 1. The number of hydrogen-bond donors (Lipinski definition) is 3. The van der Waals surface area contributed by atoms with Crippen LogP contribution in [-0.4, -0.2) is 73.4 Å². The quantitative estimate of drug-likeness (QED) is 0.0243. The van der Waals surface area contributed by atoms with Crippen LogP contribution in [0.15, 0.2) is 122 Å². The number of aliphatic hydroxyl groups is 1. The molecule has 472 valence electrons. The van der Waals surface area contributed by atoms with Crippen LogP contribution >= 0.6 is 7.82 Å². The van der Waals surface area contributed by atoms with Gasteiger partial charge in [-0.3, -0.25) is 13.8 Å². The van der Waals surface area contributed by atoms with Gasteiger partial charge in [-0.05, 0) is 96.3 Å². The minimum Gasteiger partial charge on any atom is -0.387 e. The third-order valence-electron chi connectivity index (χ3n) is 14.7. The molecule has 9 heteroatoms. The fourth-order valence-electron chi connectivity index (χ4n) is 9.43. The maximum Gasteiger partial charge on any atom is 0.472 e. The molecule has 3 atom stereocenters. The summed E-state index contributed by atoms with van der Waals surface area (Å²) in [6.45, 7) is 4.69. The summed E-state index contributed by atoms with van der Waals surface area (Å²) in [7, 11) is 1.55. The van der Waals surface area contributed by atoms with Crippen molar-refractivity contribution >= 4 is 13.7 Å². The Morgan fingerprint density at radius 2 is 0.744 bits per heavy atom. The standard InChI is InChI=1S/C73H129N2O6P/c1-6-8-10-12-14-16-18-20-22-24-26-28-30-31-32-33-34-35-36-37-38-39-40-41-42-43-45-47-49-51-53-55-57-59-61-63-65-67-73(77)74-71(70-81-82(78,79)80-69-68-75(3,4)5)72(76)66-64-62-60-58-56-54-52-50-48-46-44-29-27-25-23-21-19-17-15-13-11-9-7-2/h8,10,14,16,20,22,26,28,31-32,34-35,37-38,40-41,56,58,64,66,71-72,76H,6-7,9,11-13,15,17-19,21,23-25,27,29-30,33,36,39,42-55,57,59-63,65,67-70H2,1-5H3,(H-,74,77,78,79)/p+1/b10-8-,16-14-,22-20-,28-26-,32-31-,35-34-,38-37-,41-40-,58-56+,66-64+. The molecular formula is C73H130N2O6P+. The number of nitrogens with zero attached hydrogens (tertiary/aromatic N) is 1. The molecule has 0 aromatic heterocycles. The molecule has 0 heterocycles. The van der Waals surface area contributed by atoms with E-state index in [1.807, 2.05) is 27.2 Å². The van der Waals surface area contributed by atoms with E-state index in [2.05, 4.69) is 129 Å². The summed E-state index contributed by atoms with van der Waals surface area (Å²) in [6, 6.07) is -0.873. The Kier molecular flexibility index (Phi) is 60.1. The van der Waals surface area contributed by atoms with Gasteiger partial charge in [0.15, 0.2) is 0 Å². The minimum absolute atomic E-state index is 0.0512. The van der Waals surface area contributed by atoms with Crippen molar-refractivity contribution in [3.63, 3.8) is 0 Å². The first-order valence-corrected chi connectivity index (χ1v) is 35.4. The van der Waals surface area contributed by atoms with Gasteiger partial charge in [0.25, 0.3) is 0 Å². The van der Waals surface area contributed by atoms with E-state index in [0.29, 0.717) is 17.4 Å². The van der Waals surface area contributed by atoms with Gasteiger partial charge in [-0.25, -0.2) is 4.57 Å². The first-order valence-electron chi connectivity index (χ1n) is 33.9. The second kappa shape index (κ2) is 62.4. The SMILES string of the molecule is CC/C=C\C/C=C\C/C=C\C/C=C\C/C=C\C/C=C\C/C=C\C/C=C\CCCCCCCCCCCCCCC(=O)NC(COP(=O)(O)OCC[N+](C)(C)C)C(O)/C=C/CC/C=C/CCCCCCCCCCCCCCCCCCC. The third kappa shape index (κ3) is 64.5. The first-order chi connectivity index (χ1) is 40.0. The highest BCUT2D eigenvalue weighted by atomic mass is 31.2. The Morgan fingerprint density at radius 1 is 0.427 bits per heavy atom. The molecule has 0 spiro atoms. The number of likely N-dealkylation sites (N-methyl/N-ethyl adjacent to an activating group) is 1. The molecule has 0 saturated heterocycles. The van der Waals surface area contributed by atoms with Crippen molar-refractivity contribution in [1.82, 2.24) is 5.32 Å². The summed E-state index contributed by atoms with van der Waals surface area (Å²) in [5.41, 5.74) is 0. The zero-order valence-electron chi connectivity index (χ0n) is 53.9. The van der Waals surface area contributed by atoms with Crippen molar-refractivity contribution in [3.8, 4) is 0 Å². The highest BCUT2D eigenvalue weighted by molar-refractivity contribution is 7.47. The molecular weight excluding hydrogens is 1030 g/mol. The van der Waals surface area contributed by atoms with Crippen LogP contribution in [0.4, 0.5) is 0 Å². The number of quaternary nitrogens is 1. The monoisotopic (exact) mass is 1160 g/mol. The predicted octanol–water partition coefficient (Wildman–Crippen LogP) is 21.7. The lowest BCUT2D eigenvalue weighted by molar-refractivity contribution is -0.870. The number of rotatable bonds is 61. The summed E-state index contributed by atoms with van der Waals surface area (Å²) in [6.07, 6.45) is 93.3. The first kappa shape index (κ1) is 78.9. The maximum atomic E-state index is 13.0. The third-order valence-corrected chi connectivity index (χ3v) is 15.6. The summed E-state index contributed by atoms with van der Waals surface area (Å²) in [5, 5.41) is 14.0. The van der Waals surface area contributed by atoms with Gasteiger partial charge >= 0.3 is 7.82 Å². The number of nitrogens with one attached hydrogen (secondary N) is 1. The van der Waals surface area contributed by atoms with E-state index in [1.54, 1.807) is 6.08 Å². The Hall–Kier alpha value is -3.10. The van der Waals surface area contributed by atoms with Crippen molar-refractivity contribution in [2.75, 3.05) is 40.9 Å². The van der Waals surface area contributed by atoms with E-state index >= 15 is 0 Å². The highest BCUT2D eigenvalue weighted by Crippen LogP contribution is 2.43. The average Bonchev–Trinajstić information content (AvgIpc) is 3.47. The van der Waals surface area contributed by atoms with Crippen molar-refractivity contribution < 1.29 is 32.9 Å². The summed E-state index contributed by atoms with van der Waals surface area (Å²) in [5.74, 6) is -0.191. The van der Waals surface area contributed by atoms with E-state index < -0.39 is 20.0 Å². The topological polar surface area (TPSA) is 105 Å². The van der Waals surface area contributed by atoms with E-state index in [1.165, 1.54) is 173 Å². The van der Waals surface area contributed by atoms with Crippen LogP contribution in [-0.2, 0) is 18.4 Å². The average molecular weight is 1160 g/mol. The van der Waals surface area contributed by atoms with E-state index in [4.69, 9.17) is 9.05 Å². The van der Waals surface area contributed by atoms with Crippen LogP contribution in [0.2, 0.25) is 0 Å². The summed E-state index contributed by atoms with van der Waals surface area (Å²) < 4.78 is 23.8. The number of phosphoric ester groups is 1. The number of hydrogen-bond acceptors (Lipinski definition) is 5. The van der Waals surface area contributed by atoms with Gasteiger partial charge in [0.2, 0.25) is 5.91 Å².